The lowest BCUT2D eigenvalue weighted by atomic mass is 10.1. The van der Waals surface area contributed by atoms with E-state index in [0.717, 1.165) is 16.9 Å². The first kappa shape index (κ1) is 15.3. The third kappa shape index (κ3) is 3.08. The summed E-state index contributed by atoms with van der Waals surface area (Å²) >= 11 is 0. The van der Waals surface area contributed by atoms with Gasteiger partial charge in [-0.3, -0.25) is 10.1 Å². The number of nitro benzene ring substituents is 1. The minimum Gasteiger partial charge on any atom is -0.317 e. The fourth-order valence-electron chi connectivity index (χ4n) is 2.43. The molecule has 116 valence electrons. The lowest BCUT2D eigenvalue weighted by Crippen LogP contribution is -1.96. The molecule has 5 heteroatoms. The molecule has 0 N–H and O–H groups in total. The van der Waals surface area contributed by atoms with Crippen LogP contribution in [0.25, 0.3) is 17.3 Å². The maximum Gasteiger partial charge on any atom is 0.269 e. The molecule has 0 aliphatic carbocycles. The number of rotatable bonds is 4. The second-order valence-electron chi connectivity index (χ2n) is 5.11. The van der Waals surface area contributed by atoms with Gasteiger partial charge in [0, 0.05) is 29.7 Å². The zero-order valence-electron chi connectivity index (χ0n) is 12.7. The lowest BCUT2D eigenvalue weighted by Gasteiger charge is -2.07. The van der Waals surface area contributed by atoms with Gasteiger partial charge in [-0.2, -0.15) is 5.26 Å². The van der Waals surface area contributed by atoms with Crippen LogP contribution in [0.4, 0.5) is 5.69 Å². The van der Waals surface area contributed by atoms with E-state index in [-0.39, 0.29) is 5.69 Å². The second kappa shape index (κ2) is 6.63. The molecule has 0 aliphatic rings. The van der Waals surface area contributed by atoms with Gasteiger partial charge in [0.1, 0.15) is 0 Å². The van der Waals surface area contributed by atoms with Crippen molar-refractivity contribution in [3.63, 3.8) is 0 Å². The van der Waals surface area contributed by atoms with Crippen LogP contribution >= 0.6 is 0 Å². The molecule has 2 aromatic carbocycles. The average molecular weight is 315 g/mol. The van der Waals surface area contributed by atoms with Gasteiger partial charge in [-0.1, -0.05) is 30.3 Å². The van der Waals surface area contributed by atoms with E-state index < -0.39 is 4.92 Å². The highest BCUT2D eigenvalue weighted by molar-refractivity contribution is 5.89. The Kier molecular flexibility index (Phi) is 4.21. The van der Waals surface area contributed by atoms with Gasteiger partial charge < -0.3 is 4.57 Å². The Morgan fingerprint density at radius 2 is 1.75 bits per heavy atom. The van der Waals surface area contributed by atoms with Crippen LogP contribution in [-0.2, 0) is 0 Å². The van der Waals surface area contributed by atoms with Crippen LogP contribution in [0.15, 0.2) is 72.9 Å². The summed E-state index contributed by atoms with van der Waals surface area (Å²) < 4.78 is 1.88. The van der Waals surface area contributed by atoms with Crippen molar-refractivity contribution in [1.29, 1.82) is 5.26 Å². The molecule has 1 aromatic heterocycles. The van der Waals surface area contributed by atoms with Gasteiger partial charge in [-0.05, 0) is 35.9 Å². The summed E-state index contributed by atoms with van der Waals surface area (Å²) in [7, 11) is 0. The van der Waals surface area contributed by atoms with E-state index >= 15 is 0 Å². The minimum atomic E-state index is -0.427. The summed E-state index contributed by atoms with van der Waals surface area (Å²) in [6.07, 6.45) is 3.66. The van der Waals surface area contributed by atoms with Crippen molar-refractivity contribution >= 4 is 17.3 Å². The lowest BCUT2D eigenvalue weighted by molar-refractivity contribution is -0.384. The average Bonchev–Trinajstić information content (AvgIpc) is 3.08. The highest BCUT2D eigenvalue weighted by Gasteiger charge is 2.08. The number of nitrogens with zero attached hydrogens (tertiary/aromatic N) is 3. The minimum absolute atomic E-state index is 0.0463. The molecule has 3 aromatic rings. The summed E-state index contributed by atoms with van der Waals surface area (Å²) in [6, 6.07) is 21.7. The smallest absolute Gasteiger partial charge is 0.269 e. The molecule has 0 unspecified atom stereocenters. The van der Waals surface area contributed by atoms with Gasteiger partial charge in [0.25, 0.3) is 5.69 Å². The number of benzene rings is 2. The summed E-state index contributed by atoms with van der Waals surface area (Å²) in [4.78, 5) is 10.3. The van der Waals surface area contributed by atoms with Crippen molar-refractivity contribution in [2.24, 2.45) is 0 Å². The first-order valence-corrected chi connectivity index (χ1v) is 7.28. The number of allylic oxidation sites excluding steroid dienone is 1. The highest BCUT2D eigenvalue weighted by Crippen LogP contribution is 2.22. The number of hydrogen-bond donors (Lipinski definition) is 0. The first-order valence-electron chi connectivity index (χ1n) is 7.28. The van der Waals surface area contributed by atoms with E-state index in [1.54, 1.807) is 18.2 Å². The Bertz CT molecular complexity index is 933. The van der Waals surface area contributed by atoms with Crippen molar-refractivity contribution < 1.29 is 4.92 Å². The number of nitro groups is 1. The molecule has 1 heterocycles. The van der Waals surface area contributed by atoms with E-state index in [1.807, 2.05) is 53.2 Å². The summed E-state index contributed by atoms with van der Waals surface area (Å²) in [5, 5.41) is 20.2. The Morgan fingerprint density at radius 3 is 2.38 bits per heavy atom. The Labute approximate surface area is 138 Å². The van der Waals surface area contributed by atoms with Crippen LogP contribution in [0.5, 0.6) is 0 Å². The molecule has 0 aliphatic heterocycles. The zero-order valence-corrected chi connectivity index (χ0v) is 12.7. The second-order valence-corrected chi connectivity index (χ2v) is 5.11. The van der Waals surface area contributed by atoms with E-state index in [1.165, 1.54) is 12.1 Å². The predicted octanol–water partition coefficient (Wildman–Crippen LogP) is 4.45. The van der Waals surface area contributed by atoms with Crippen molar-refractivity contribution in [2.45, 2.75) is 0 Å². The van der Waals surface area contributed by atoms with Crippen LogP contribution in [-0.4, -0.2) is 9.49 Å². The van der Waals surface area contributed by atoms with Crippen LogP contribution in [0, 0.1) is 21.4 Å². The molecule has 0 amide bonds. The van der Waals surface area contributed by atoms with E-state index in [4.69, 9.17) is 0 Å². The quantitative estimate of drug-likeness (QED) is 0.405. The third-order valence-electron chi connectivity index (χ3n) is 3.62. The SMILES string of the molecule is N#C/C(=C\c1cccn1-c1ccc([N+](=O)[O-])cc1)c1ccccc1. The summed E-state index contributed by atoms with van der Waals surface area (Å²) in [5.74, 6) is 0. The Hall–Kier alpha value is -3.65. The number of non-ortho nitro benzene ring substituents is 1. The molecule has 5 nitrogen and oxygen atoms in total. The normalized spacial score (nSPS) is 11.0. The molecule has 24 heavy (non-hydrogen) atoms. The van der Waals surface area contributed by atoms with Gasteiger partial charge in [0.15, 0.2) is 0 Å². The molecule has 3 rings (SSSR count). The van der Waals surface area contributed by atoms with Crippen LogP contribution < -0.4 is 0 Å². The number of hydrogen-bond acceptors (Lipinski definition) is 3. The Balaban J connectivity index is 2.00. The number of aromatic nitrogens is 1. The predicted molar refractivity (Wildman–Crippen MR) is 92.3 cm³/mol. The van der Waals surface area contributed by atoms with E-state index in [9.17, 15) is 15.4 Å². The largest absolute Gasteiger partial charge is 0.317 e. The fraction of sp³-hybridized carbons (Fsp3) is 0. The monoisotopic (exact) mass is 315 g/mol. The van der Waals surface area contributed by atoms with Gasteiger partial charge in [0.2, 0.25) is 0 Å². The third-order valence-corrected chi connectivity index (χ3v) is 3.62. The van der Waals surface area contributed by atoms with E-state index in [2.05, 4.69) is 6.07 Å². The molecule has 0 atom stereocenters. The molecule has 0 radical (unpaired) electrons. The molecular weight excluding hydrogens is 302 g/mol. The first-order chi connectivity index (χ1) is 11.7. The van der Waals surface area contributed by atoms with E-state index in [0.29, 0.717) is 5.57 Å². The summed E-state index contributed by atoms with van der Waals surface area (Å²) in [6.45, 7) is 0. The topological polar surface area (TPSA) is 71.9 Å². The van der Waals surface area contributed by atoms with Crippen LogP contribution in [0.1, 0.15) is 11.3 Å². The molecule has 0 saturated heterocycles. The van der Waals surface area contributed by atoms with Gasteiger partial charge >= 0.3 is 0 Å². The maximum atomic E-state index is 10.8. The van der Waals surface area contributed by atoms with Crippen molar-refractivity contribution in [3.8, 4) is 11.8 Å². The Morgan fingerprint density at radius 1 is 1.04 bits per heavy atom. The molecule has 0 saturated carbocycles. The molecule has 0 spiro atoms. The van der Waals surface area contributed by atoms with Crippen molar-refractivity contribution in [2.75, 3.05) is 0 Å². The molecular formula is C19H13N3O2. The van der Waals surface area contributed by atoms with Gasteiger partial charge in [0.05, 0.1) is 16.6 Å². The maximum absolute atomic E-state index is 10.8. The summed E-state index contributed by atoms with van der Waals surface area (Å²) in [5.41, 5.74) is 3.06. The van der Waals surface area contributed by atoms with Crippen LogP contribution in [0.3, 0.4) is 0 Å². The number of nitriles is 1. The van der Waals surface area contributed by atoms with Crippen molar-refractivity contribution in [3.05, 3.63) is 94.3 Å². The highest BCUT2D eigenvalue weighted by atomic mass is 16.6. The molecule has 0 bridgehead atoms. The zero-order chi connectivity index (χ0) is 16.9. The van der Waals surface area contributed by atoms with Gasteiger partial charge in [-0.25, -0.2) is 0 Å². The van der Waals surface area contributed by atoms with Gasteiger partial charge in [-0.15, -0.1) is 0 Å². The fourth-order valence-corrected chi connectivity index (χ4v) is 2.43. The molecule has 0 fully saturated rings. The standard InChI is InChI=1S/C19H13N3O2/c20-14-16(15-5-2-1-3-6-15)13-19-7-4-12-21(19)17-8-10-18(11-9-17)22(23)24/h1-13H/b16-13+. The van der Waals surface area contributed by atoms with Crippen LogP contribution in [0.2, 0.25) is 0 Å². The van der Waals surface area contributed by atoms with Crippen molar-refractivity contribution in [1.82, 2.24) is 4.57 Å².